The highest BCUT2D eigenvalue weighted by atomic mass is 32.1. The summed E-state index contributed by atoms with van der Waals surface area (Å²) >= 11 is 1.57. The number of hydrogen-bond acceptors (Lipinski definition) is 6. The maximum Gasteiger partial charge on any atom is 0.251 e. The minimum absolute atomic E-state index is 0.0658. The van der Waals surface area contributed by atoms with E-state index in [0.717, 1.165) is 31.6 Å². The number of H-pyrrole nitrogens is 1. The van der Waals surface area contributed by atoms with Crippen LogP contribution in [0.1, 0.15) is 24.2 Å². The van der Waals surface area contributed by atoms with Crippen molar-refractivity contribution < 1.29 is 4.79 Å². The number of rotatable bonds is 5. The fraction of sp³-hybridized carbons (Fsp3) is 0.130. The Labute approximate surface area is 182 Å². The number of aromatic amines is 1. The standard InChI is InChI=1S/C23H20N6OS/c1-13(2)26-23(30)15-4-3-14-10-20(31-19(14)11-15)22-24-8-7-21(28-22)27-17-5-6-18-16(9-17)12-25-29-18/h3-13H,1-2H3,(H,25,29)(H,26,30)(H,24,27,28). The van der Waals surface area contributed by atoms with Gasteiger partial charge in [-0.05, 0) is 61.7 Å². The first-order valence-electron chi connectivity index (χ1n) is 9.93. The zero-order valence-electron chi connectivity index (χ0n) is 17.0. The summed E-state index contributed by atoms with van der Waals surface area (Å²) in [7, 11) is 0. The van der Waals surface area contributed by atoms with Crippen molar-refractivity contribution >= 4 is 49.7 Å². The molecule has 154 valence electrons. The first-order valence-corrected chi connectivity index (χ1v) is 10.7. The molecule has 0 saturated carbocycles. The lowest BCUT2D eigenvalue weighted by atomic mass is 10.1. The number of carbonyl (C=O) groups is 1. The van der Waals surface area contributed by atoms with Gasteiger partial charge in [0.15, 0.2) is 5.82 Å². The summed E-state index contributed by atoms with van der Waals surface area (Å²) in [5, 5.41) is 15.4. The number of anilines is 2. The van der Waals surface area contributed by atoms with Gasteiger partial charge in [-0.15, -0.1) is 11.3 Å². The third-order valence-corrected chi connectivity index (χ3v) is 5.88. The molecule has 2 aromatic carbocycles. The molecule has 1 amide bonds. The summed E-state index contributed by atoms with van der Waals surface area (Å²) in [5.41, 5.74) is 2.57. The summed E-state index contributed by atoms with van der Waals surface area (Å²) in [6.45, 7) is 3.90. The lowest BCUT2D eigenvalue weighted by Gasteiger charge is -2.07. The van der Waals surface area contributed by atoms with Crippen molar-refractivity contribution in [1.82, 2.24) is 25.5 Å². The van der Waals surface area contributed by atoms with Crippen LogP contribution in [0.5, 0.6) is 0 Å². The number of nitrogens with one attached hydrogen (secondary N) is 3. The molecular weight excluding hydrogens is 408 g/mol. The molecule has 0 spiro atoms. The van der Waals surface area contributed by atoms with Crippen LogP contribution in [-0.2, 0) is 0 Å². The maximum absolute atomic E-state index is 12.3. The summed E-state index contributed by atoms with van der Waals surface area (Å²) in [6, 6.07) is 15.7. The van der Waals surface area contributed by atoms with Crippen molar-refractivity contribution in [3.63, 3.8) is 0 Å². The van der Waals surface area contributed by atoms with Crippen LogP contribution in [-0.4, -0.2) is 32.1 Å². The van der Waals surface area contributed by atoms with Crippen LogP contribution < -0.4 is 10.6 Å². The molecule has 0 bridgehead atoms. The Balaban J connectivity index is 1.42. The molecular formula is C23H20N6OS. The zero-order valence-corrected chi connectivity index (χ0v) is 17.8. The smallest absolute Gasteiger partial charge is 0.251 e. The fourth-order valence-corrected chi connectivity index (χ4v) is 4.39. The molecule has 0 saturated heterocycles. The predicted octanol–water partition coefficient (Wildman–Crippen LogP) is 5.12. The molecule has 0 aliphatic rings. The number of carbonyl (C=O) groups excluding carboxylic acids is 1. The van der Waals surface area contributed by atoms with Crippen molar-refractivity contribution in [3.05, 3.63) is 66.5 Å². The van der Waals surface area contributed by atoms with Gasteiger partial charge in [-0.2, -0.15) is 5.10 Å². The van der Waals surface area contributed by atoms with Crippen molar-refractivity contribution in [2.45, 2.75) is 19.9 Å². The predicted molar refractivity (Wildman–Crippen MR) is 125 cm³/mol. The number of thiophene rings is 1. The zero-order chi connectivity index (χ0) is 21.4. The van der Waals surface area contributed by atoms with E-state index in [2.05, 4.69) is 36.9 Å². The van der Waals surface area contributed by atoms with E-state index in [1.54, 1.807) is 23.7 Å². The second-order valence-electron chi connectivity index (χ2n) is 7.55. The van der Waals surface area contributed by atoms with Crippen LogP contribution >= 0.6 is 11.3 Å². The third kappa shape index (κ3) is 3.97. The van der Waals surface area contributed by atoms with E-state index in [1.807, 2.05) is 56.3 Å². The van der Waals surface area contributed by atoms with Gasteiger partial charge in [0, 0.05) is 33.6 Å². The Morgan fingerprint density at radius 3 is 2.84 bits per heavy atom. The molecule has 0 atom stereocenters. The van der Waals surface area contributed by atoms with Gasteiger partial charge in [-0.3, -0.25) is 9.89 Å². The Kier molecular flexibility index (Phi) is 4.83. The third-order valence-electron chi connectivity index (χ3n) is 4.79. The lowest BCUT2D eigenvalue weighted by molar-refractivity contribution is 0.0943. The summed E-state index contributed by atoms with van der Waals surface area (Å²) in [6.07, 6.45) is 3.53. The minimum atomic E-state index is -0.0658. The second kappa shape index (κ2) is 7.81. The van der Waals surface area contributed by atoms with Gasteiger partial charge in [-0.25, -0.2) is 9.97 Å². The number of fused-ring (bicyclic) bond motifs is 2. The van der Waals surface area contributed by atoms with Gasteiger partial charge >= 0.3 is 0 Å². The Hall–Kier alpha value is -3.78. The van der Waals surface area contributed by atoms with Gasteiger partial charge in [0.25, 0.3) is 5.91 Å². The number of nitrogens with zero attached hydrogens (tertiary/aromatic N) is 3. The summed E-state index contributed by atoms with van der Waals surface area (Å²) in [5.74, 6) is 1.29. The number of aromatic nitrogens is 4. The molecule has 3 heterocycles. The molecule has 5 rings (SSSR count). The topological polar surface area (TPSA) is 95.6 Å². The monoisotopic (exact) mass is 428 g/mol. The van der Waals surface area contributed by atoms with Crippen LogP contribution in [0.2, 0.25) is 0 Å². The van der Waals surface area contributed by atoms with Crippen LogP contribution in [0.3, 0.4) is 0 Å². The van der Waals surface area contributed by atoms with Crippen LogP contribution in [0.15, 0.2) is 60.9 Å². The molecule has 31 heavy (non-hydrogen) atoms. The van der Waals surface area contributed by atoms with Gasteiger partial charge in [-0.1, -0.05) is 6.07 Å². The highest BCUT2D eigenvalue weighted by Gasteiger charge is 2.12. The fourth-order valence-electron chi connectivity index (χ4n) is 3.34. The number of amides is 1. The first kappa shape index (κ1) is 19.2. The van der Waals surface area contributed by atoms with Gasteiger partial charge < -0.3 is 10.6 Å². The number of benzene rings is 2. The largest absolute Gasteiger partial charge is 0.350 e. The minimum Gasteiger partial charge on any atom is -0.350 e. The van der Waals surface area contributed by atoms with E-state index in [1.165, 1.54) is 0 Å². The Bertz CT molecular complexity index is 1400. The van der Waals surface area contributed by atoms with Crippen molar-refractivity contribution in [3.8, 4) is 10.7 Å². The van der Waals surface area contributed by atoms with E-state index in [4.69, 9.17) is 0 Å². The molecule has 0 unspecified atom stereocenters. The number of hydrogen-bond donors (Lipinski definition) is 3. The van der Waals surface area contributed by atoms with Crippen molar-refractivity contribution in [2.24, 2.45) is 0 Å². The molecule has 0 radical (unpaired) electrons. The SMILES string of the molecule is CC(C)NC(=O)c1ccc2cc(-c3nccc(Nc4ccc5[nH]ncc5c4)n3)sc2c1. The van der Waals surface area contributed by atoms with Gasteiger partial charge in [0.05, 0.1) is 16.6 Å². The quantitative estimate of drug-likeness (QED) is 0.361. The van der Waals surface area contributed by atoms with Crippen molar-refractivity contribution in [1.29, 1.82) is 0 Å². The Morgan fingerprint density at radius 1 is 1.06 bits per heavy atom. The van der Waals surface area contributed by atoms with Crippen LogP contribution in [0, 0.1) is 0 Å². The average molecular weight is 429 g/mol. The molecule has 0 fully saturated rings. The molecule has 5 aromatic rings. The van der Waals surface area contributed by atoms with E-state index in [0.29, 0.717) is 17.2 Å². The lowest BCUT2D eigenvalue weighted by Crippen LogP contribution is -2.29. The van der Waals surface area contributed by atoms with E-state index in [9.17, 15) is 4.79 Å². The molecule has 0 aliphatic carbocycles. The normalized spacial score (nSPS) is 11.3. The van der Waals surface area contributed by atoms with Gasteiger partial charge in [0.2, 0.25) is 0 Å². The summed E-state index contributed by atoms with van der Waals surface area (Å²) < 4.78 is 1.03. The maximum atomic E-state index is 12.3. The van der Waals surface area contributed by atoms with Gasteiger partial charge in [0.1, 0.15) is 5.82 Å². The first-order chi connectivity index (χ1) is 15.0. The molecule has 0 aliphatic heterocycles. The molecule has 3 N–H and O–H groups in total. The molecule has 7 nitrogen and oxygen atoms in total. The second-order valence-corrected chi connectivity index (χ2v) is 8.64. The van der Waals surface area contributed by atoms with E-state index < -0.39 is 0 Å². The average Bonchev–Trinajstić information content (AvgIpc) is 3.39. The summed E-state index contributed by atoms with van der Waals surface area (Å²) in [4.78, 5) is 22.4. The molecule has 3 aromatic heterocycles. The highest BCUT2D eigenvalue weighted by molar-refractivity contribution is 7.22. The van der Waals surface area contributed by atoms with Crippen LogP contribution in [0.25, 0.3) is 31.7 Å². The highest BCUT2D eigenvalue weighted by Crippen LogP contribution is 2.33. The van der Waals surface area contributed by atoms with E-state index in [-0.39, 0.29) is 11.9 Å². The van der Waals surface area contributed by atoms with Crippen molar-refractivity contribution in [2.75, 3.05) is 5.32 Å². The van der Waals surface area contributed by atoms with Crippen LogP contribution in [0.4, 0.5) is 11.5 Å². The molecule has 8 heteroatoms. The Morgan fingerprint density at radius 2 is 1.97 bits per heavy atom. The van der Waals surface area contributed by atoms with E-state index >= 15 is 0 Å².